The van der Waals surface area contributed by atoms with Crippen molar-refractivity contribution in [2.45, 2.75) is 30.6 Å². The molecule has 0 unspecified atom stereocenters. The summed E-state index contributed by atoms with van der Waals surface area (Å²) in [6, 6.07) is 14.4. The van der Waals surface area contributed by atoms with Gasteiger partial charge in [0.1, 0.15) is 6.29 Å². The van der Waals surface area contributed by atoms with Crippen molar-refractivity contribution in [3.63, 3.8) is 0 Å². The number of benzene rings is 1. The van der Waals surface area contributed by atoms with E-state index in [-0.39, 0.29) is 0 Å². The quantitative estimate of drug-likeness (QED) is 0.403. The summed E-state index contributed by atoms with van der Waals surface area (Å²) in [4.78, 5) is 15.9. The third-order valence-corrected chi connectivity index (χ3v) is 4.12. The van der Waals surface area contributed by atoms with Crippen LogP contribution in [0, 0.1) is 0 Å². The molecular weight excluding hydrogens is 266 g/mol. The molecule has 0 aliphatic heterocycles. The highest BCUT2D eigenvalue weighted by Crippen LogP contribution is 2.24. The molecule has 0 spiro atoms. The van der Waals surface area contributed by atoms with E-state index in [0.717, 1.165) is 42.6 Å². The molecule has 2 aromatic rings. The lowest BCUT2D eigenvalue weighted by Crippen LogP contribution is -1.86. The van der Waals surface area contributed by atoms with Crippen molar-refractivity contribution >= 4 is 18.0 Å². The van der Waals surface area contributed by atoms with Crippen LogP contribution in [0.5, 0.6) is 0 Å². The van der Waals surface area contributed by atoms with Crippen molar-refractivity contribution < 1.29 is 4.79 Å². The van der Waals surface area contributed by atoms with Crippen LogP contribution in [0.15, 0.2) is 53.6 Å². The molecule has 1 heterocycles. The van der Waals surface area contributed by atoms with E-state index in [1.54, 1.807) is 0 Å². The van der Waals surface area contributed by atoms with Crippen LogP contribution in [0.3, 0.4) is 0 Å². The fraction of sp³-hybridized carbons (Fsp3) is 0.294. The van der Waals surface area contributed by atoms with E-state index in [0.29, 0.717) is 6.42 Å². The van der Waals surface area contributed by atoms with Crippen LogP contribution in [-0.2, 0) is 4.79 Å². The van der Waals surface area contributed by atoms with Gasteiger partial charge in [0.2, 0.25) is 0 Å². The number of thioether (sulfide) groups is 1. The molecule has 0 radical (unpaired) electrons. The molecule has 0 saturated heterocycles. The van der Waals surface area contributed by atoms with Crippen LogP contribution in [0.1, 0.15) is 25.7 Å². The summed E-state index contributed by atoms with van der Waals surface area (Å²) >= 11 is 1.86. The first kappa shape index (κ1) is 14.8. The zero-order valence-corrected chi connectivity index (χ0v) is 12.3. The van der Waals surface area contributed by atoms with Crippen LogP contribution in [0.25, 0.3) is 11.3 Å². The Bertz CT molecular complexity index is 528. The molecule has 2 nitrogen and oxygen atoms in total. The Balaban J connectivity index is 1.85. The van der Waals surface area contributed by atoms with E-state index in [9.17, 15) is 4.79 Å². The van der Waals surface area contributed by atoms with Gasteiger partial charge in [-0.25, -0.2) is 0 Å². The minimum absolute atomic E-state index is 0.693. The van der Waals surface area contributed by atoms with E-state index in [1.165, 1.54) is 4.90 Å². The molecule has 20 heavy (non-hydrogen) atoms. The van der Waals surface area contributed by atoms with Gasteiger partial charge >= 0.3 is 0 Å². The Morgan fingerprint density at radius 3 is 2.70 bits per heavy atom. The van der Waals surface area contributed by atoms with Crippen molar-refractivity contribution in [3.8, 4) is 11.3 Å². The first-order chi connectivity index (χ1) is 9.90. The SMILES string of the molecule is O=CCCCCCSc1ccnc(-c2ccccc2)c1. The summed E-state index contributed by atoms with van der Waals surface area (Å²) in [5.74, 6) is 1.09. The molecule has 0 bridgehead atoms. The van der Waals surface area contributed by atoms with Crippen molar-refractivity contribution in [2.75, 3.05) is 5.75 Å². The van der Waals surface area contributed by atoms with Gasteiger partial charge in [-0.3, -0.25) is 4.98 Å². The fourth-order valence-corrected chi connectivity index (χ4v) is 2.90. The zero-order valence-electron chi connectivity index (χ0n) is 11.5. The molecule has 0 aliphatic carbocycles. The smallest absolute Gasteiger partial charge is 0.119 e. The third-order valence-electron chi connectivity index (χ3n) is 3.04. The van der Waals surface area contributed by atoms with Crippen LogP contribution < -0.4 is 0 Å². The largest absolute Gasteiger partial charge is 0.303 e. The summed E-state index contributed by atoms with van der Waals surface area (Å²) in [6.45, 7) is 0. The number of carbonyl (C=O) groups excluding carboxylic acids is 1. The highest BCUT2D eigenvalue weighted by atomic mass is 32.2. The molecule has 0 saturated carbocycles. The van der Waals surface area contributed by atoms with E-state index in [2.05, 4.69) is 29.2 Å². The topological polar surface area (TPSA) is 30.0 Å². The molecule has 0 aliphatic rings. The van der Waals surface area contributed by atoms with Gasteiger partial charge in [-0.15, -0.1) is 11.8 Å². The molecule has 1 aromatic carbocycles. The Morgan fingerprint density at radius 1 is 1.05 bits per heavy atom. The third kappa shape index (κ3) is 4.82. The lowest BCUT2D eigenvalue weighted by atomic mass is 10.1. The number of hydrogen-bond donors (Lipinski definition) is 0. The Hall–Kier alpha value is -1.61. The first-order valence-electron chi connectivity index (χ1n) is 6.98. The maximum Gasteiger partial charge on any atom is 0.119 e. The lowest BCUT2D eigenvalue weighted by Gasteiger charge is -2.04. The standard InChI is InChI=1S/C17H19NOS/c19-12-6-1-2-7-13-20-16-10-11-18-17(14-16)15-8-4-3-5-9-15/h3-5,8-12,14H,1-2,6-7,13H2. The second-order valence-corrected chi connectivity index (χ2v) is 5.78. The molecule has 0 fully saturated rings. The average Bonchev–Trinajstić information content (AvgIpc) is 2.52. The lowest BCUT2D eigenvalue weighted by molar-refractivity contribution is -0.107. The number of pyridine rings is 1. The van der Waals surface area contributed by atoms with Crippen LogP contribution in [0.2, 0.25) is 0 Å². The number of aromatic nitrogens is 1. The predicted molar refractivity (Wildman–Crippen MR) is 84.9 cm³/mol. The van der Waals surface area contributed by atoms with Crippen molar-refractivity contribution in [3.05, 3.63) is 48.7 Å². The number of carbonyl (C=O) groups is 1. The fourth-order valence-electron chi connectivity index (χ4n) is 1.96. The molecule has 3 heteroatoms. The van der Waals surface area contributed by atoms with Gasteiger partial charge in [0.25, 0.3) is 0 Å². The van der Waals surface area contributed by atoms with E-state index in [1.807, 2.05) is 36.2 Å². The summed E-state index contributed by atoms with van der Waals surface area (Å²) in [5, 5.41) is 0. The Morgan fingerprint density at radius 2 is 1.90 bits per heavy atom. The van der Waals surface area contributed by atoms with Gasteiger partial charge in [0, 0.05) is 23.1 Å². The van der Waals surface area contributed by atoms with Crippen LogP contribution >= 0.6 is 11.8 Å². The van der Waals surface area contributed by atoms with Crippen LogP contribution in [0.4, 0.5) is 0 Å². The average molecular weight is 285 g/mol. The minimum Gasteiger partial charge on any atom is -0.303 e. The highest BCUT2D eigenvalue weighted by Gasteiger charge is 2.00. The number of unbranched alkanes of at least 4 members (excludes halogenated alkanes) is 3. The molecule has 0 N–H and O–H groups in total. The summed E-state index contributed by atoms with van der Waals surface area (Å²) in [6.07, 6.45) is 6.86. The van der Waals surface area contributed by atoms with Gasteiger partial charge in [-0.2, -0.15) is 0 Å². The number of aldehydes is 1. The van der Waals surface area contributed by atoms with E-state index >= 15 is 0 Å². The minimum atomic E-state index is 0.693. The van der Waals surface area contributed by atoms with E-state index < -0.39 is 0 Å². The monoisotopic (exact) mass is 285 g/mol. The second-order valence-electron chi connectivity index (χ2n) is 4.61. The molecule has 0 amide bonds. The molecule has 1 aromatic heterocycles. The summed E-state index contributed by atoms with van der Waals surface area (Å²) in [5.41, 5.74) is 2.18. The molecule has 2 rings (SSSR count). The van der Waals surface area contributed by atoms with Gasteiger partial charge < -0.3 is 4.79 Å². The van der Waals surface area contributed by atoms with E-state index in [4.69, 9.17) is 0 Å². The molecule has 0 atom stereocenters. The van der Waals surface area contributed by atoms with Gasteiger partial charge in [0.05, 0.1) is 5.69 Å². The molecule has 104 valence electrons. The van der Waals surface area contributed by atoms with Gasteiger partial charge in [-0.1, -0.05) is 36.8 Å². The second kappa shape index (κ2) is 8.54. The normalized spacial score (nSPS) is 10.4. The van der Waals surface area contributed by atoms with Crippen LogP contribution in [-0.4, -0.2) is 17.0 Å². The first-order valence-corrected chi connectivity index (χ1v) is 7.96. The van der Waals surface area contributed by atoms with Gasteiger partial charge in [0.15, 0.2) is 0 Å². The van der Waals surface area contributed by atoms with Crippen molar-refractivity contribution in [1.29, 1.82) is 0 Å². The maximum atomic E-state index is 10.2. The Kier molecular flexibility index (Phi) is 6.32. The van der Waals surface area contributed by atoms with Crippen molar-refractivity contribution in [2.24, 2.45) is 0 Å². The van der Waals surface area contributed by atoms with Gasteiger partial charge in [-0.05, 0) is 30.7 Å². The molecular formula is C17H19NOS. The number of hydrogen-bond acceptors (Lipinski definition) is 3. The summed E-state index contributed by atoms with van der Waals surface area (Å²) in [7, 11) is 0. The zero-order chi connectivity index (χ0) is 14.0. The Labute approximate surface area is 124 Å². The predicted octanol–water partition coefficient (Wildman–Crippen LogP) is 4.60. The summed E-state index contributed by atoms with van der Waals surface area (Å²) < 4.78 is 0. The van der Waals surface area contributed by atoms with Crippen molar-refractivity contribution in [1.82, 2.24) is 4.98 Å². The number of nitrogens with zero attached hydrogens (tertiary/aromatic N) is 1. The highest BCUT2D eigenvalue weighted by molar-refractivity contribution is 7.99. The number of rotatable bonds is 8. The maximum absolute atomic E-state index is 10.2.